The van der Waals surface area contributed by atoms with E-state index in [-0.39, 0.29) is 18.3 Å². The molecule has 1 aromatic heterocycles. The van der Waals surface area contributed by atoms with E-state index < -0.39 is 12.1 Å². The summed E-state index contributed by atoms with van der Waals surface area (Å²) in [4.78, 5) is 27.1. The fourth-order valence-corrected chi connectivity index (χ4v) is 3.38. The van der Waals surface area contributed by atoms with E-state index in [9.17, 15) is 9.59 Å². The van der Waals surface area contributed by atoms with Crippen LogP contribution in [0.25, 0.3) is 11.0 Å². The summed E-state index contributed by atoms with van der Waals surface area (Å²) < 4.78 is 22.3. The second-order valence-corrected chi connectivity index (χ2v) is 6.99. The predicted octanol–water partition coefficient (Wildman–Crippen LogP) is 3.42. The van der Waals surface area contributed by atoms with Crippen molar-refractivity contribution in [1.29, 1.82) is 0 Å². The molecule has 0 spiro atoms. The topological polar surface area (TPSA) is 78.2 Å². The Morgan fingerprint density at radius 3 is 2.50 bits per heavy atom. The molecule has 3 aromatic rings. The average molecular weight is 409 g/mol. The Balaban J connectivity index is 1.53. The molecule has 2 aromatic carbocycles. The van der Waals surface area contributed by atoms with Crippen molar-refractivity contribution < 1.29 is 28.2 Å². The predicted molar refractivity (Wildman–Crippen MR) is 109 cm³/mol. The Hall–Kier alpha value is -3.32. The van der Waals surface area contributed by atoms with Gasteiger partial charge in [0.2, 0.25) is 5.76 Å². The van der Waals surface area contributed by atoms with Crippen LogP contribution >= 0.6 is 0 Å². The van der Waals surface area contributed by atoms with Gasteiger partial charge in [0.1, 0.15) is 17.9 Å². The fraction of sp³-hybridized carbons (Fsp3) is 0.304. The van der Waals surface area contributed by atoms with E-state index in [1.807, 2.05) is 48.5 Å². The number of fused-ring (bicyclic) bond motifs is 1. The SMILES string of the molecule is CC(OC(=O)c1oc2ccccc2c1COc1ccccc1)C(=O)N1CCOCC1. The molecule has 4 rings (SSSR count). The van der Waals surface area contributed by atoms with E-state index in [1.54, 1.807) is 17.9 Å². The van der Waals surface area contributed by atoms with Gasteiger partial charge >= 0.3 is 5.97 Å². The quantitative estimate of drug-likeness (QED) is 0.581. The Labute approximate surface area is 174 Å². The molecule has 1 unspecified atom stereocenters. The van der Waals surface area contributed by atoms with E-state index in [4.69, 9.17) is 18.6 Å². The van der Waals surface area contributed by atoms with Crippen LogP contribution in [0.3, 0.4) is 0 Å². The minimum absolute atomic E-state index is 0.0498. The molecule has 0 saturated carbocycles. The number of para-hydroxylation sites is 2. The summed E-state index contributed by atoms with van der Waals surface area (Å²) in [5, 5.41) is 0.771. The number of benzene rings is 2. The molecule has 1 aliphatic rings. The maximum Gasteiger partial charge on any atom is 0.375 e. The Bertz CT molecular complexity index is 1020. The van der Waals surface area contributed by atoms with Crippen molar-refractivity contribution in [1.82, 2.24) is 4.90 Å². The Morgan fingerprint density at radius 2 is 1.73 bits per heavy atom. The smallest absolute Gasteiger partial charge is 0.375 e. The first-order chi connectivity index (χ1) is 14.6. The summed E-state index contributed by atoms with van der Waals surface area (Å²) in [5.41, 5.74) is 1.15. The highest BCUT2D eigenvalue weighted by molar-refractivity contribution is 5.97. The van der Waals surface area contributed by atoms with E-state index in [0.717, 1.165) is 5.39 Å². The summed E-state index contributed by atoms with van der Waals surface area (Å²) in [6.45, 7) is 3.65. The molecule has 2 heterocycles. The lowest BCUT2D eigenvalue weighted by Gasteiger charge is -2.28. The molecule has 0 bridgehead atoms. The number of amides is 1. The number of carbonyl (C=O) groups is 2. The van der Waals surface area contributed by atoms with Crippen LogP contribution in [-0.4, -0.2) is 49.2 Å². The van der Waals surface area contributed by atoms with Gasteiger partial charge in [-0.05, 0) is 25.1 Å². The van der Waals surface area contributed by atoms with Gasteiger partial charge in [-0.3, -0.25) is 4.79 Å². The monoisotopic (exact) mass is 409 g/mol. The number of hydrogen-bond donors (Lipinski definition) is 0. The molecular formula is C23H23NO6. The molecule has 7 nitrogen and oxygen atoms in total. The largest absolute Gasteiger partial charge is 0.489 e. The van der Waals surface area contributed by atoms with Crippen LogP contribution in [0.1, 0.15) is 23.0 Å². The van der Waals surface area contributed by atoms with E-state index >= 15 is 0 Å². The van der Waals surface area contributed by atoms with Gasteiger partial charge in [-0.2, -0.15) is 0 Å². The molecule has 1 aliphatic heterocycles. The molecule has 1 atom stereocenters. The first-order valence-corrected chi connectivity index (χ1v) is 9.89. The highest BCUT2D eigenvalue weighted by Crippen LogP contribution is 2.28. The van der Waals surface area contributed by atoms with Crippen molar-refractivity contribution in [2.45, 2.75) is 19.6 Å². The van der Waals surface area contributed by atoms with Gasteiger partial charge < -0.3 is 23.5 Å². The highest BCUT2D eigenvalue weighted by atomic mass is 16.6. The zero-order valence-electron chi connectivity index (χ0n) is 16.7. The first-order valence-electron chi connectivity index (χ1n) is 9.89. The number of nitrogens with zero attached hydrogens (tertiary/aromatic N) is 1. The van der Waals surface area contributed by atoms with Crippen LogP contribution in [0, 0.1) is 0 Å². The van der Waals surface area contributed by atoms with Crippen LogP contribution in [0.5, 0.6) is 5.75 Å². The molecule has 30 heavy (non-hydrogen) atoms. The van der Waals surface area contributed by atoms with Crippen molar-refractivity contribution in [2.24, 2.45) is 0 Å². The molecule has 0 aliphatic carbocycles. The molecule has 1 amide bonds. The number of morpholine rings is 1. The lowest BCUT2D eigenvalue weighted by Crippen LogP contribution is -2.46. The van der Waals surface area contributed by atoms with Gasteiger partial charge in [0, 0.05) is 18.5 Å². The van der Waals surface area contributed by atoms with E-state index in [1.165, 1.54) is 0 Å². The maximum atomic E-state index is 12.9. The number of rotatable bonds is 6. The highest BCUT2D eigenvalue weighted by Gasteiger charge is 2.29. The number of hydrogen-bond acceptors (Lipinski definition) is 6. The Morgan fingerprint density at radius 1 is 1.03 bits per heavy atom. The first kappa shape index (κ1) is 20.0. The second kappa shape index (κ2) is 9.00. The number of esters is 1. The third kappa shape index (κ3) is 4.31. The zero-order chi connectivity index (χ0) is 20.9. The lowest BCUT2D eigenvalue weighted by molar-refractivity contribution is -0.143. The van der Waals surface area contributed by atoms with Gasteiger partial charge in [-0.25, -0.2) is 4.79 Å². The summed E-state index contributed by atoms with van der Waals surface area (Å²) in [6.07, 6.45) is -0.924. The van der Waals surface area contributed by atoms with Crippen molar-refractivity contribution in [2.75, 3.05) is 26.3 Å². The molecule has 156 valence electrons. The minimum Gasteiger partial charge on any atom is -0.489 e. The molecule has 1 fully saturated rings. The molecule has 7 heteroatoms. The van der Waals surface area contributed by atoms with Crippen LogP contribution in [0.4, 0.5) is 0 Å². The van der Waals surface area contributed by atoms with Gasteiger partial charge in [0.05, 0.1) is 18.8 Å². The van der Waals surface area contributed by atoms with Gasteiger partial charge in [0.25, 0.3) is 5.91 Å². The van der Waals surface area contributed by atoms with Crippen molar-refractivity contribution >= 4 is 22.8 Å². The molecule has 0 radical (unpaired) electrons. The second-order valence-electron chi connectivity index (χ2n) is 6.99. The molecular weight excluding hydrogens is 386 g/mol. The maximum absolute atomic E-state index is 12.9. The van der Waals surface area contributed by atoms with Crippen molar-refractivity contribution in [3.63, 3.8) is 0 Å². The molecule has 0 N–H and O–H groups in total. The molecule has 1 saturated heterocycles. The average Bonchev–Trinajstić information content (AvgIpc) is 3.17. The minimum atomic E-state index is -0.924. The van der Waals surface area contributed by atoms with Crippen LogP contribution < -0.4 is 4.74 Å². The number of furan rings is 1. The summed E-state index contributed by atoms with van der Waals surface area (Å²) in [6, 6.07) is 16.6. The van der Waals surface area contributed by atoms with Crippen LogP contribution in [0.15, 0.2) is 59.0 Å². The third-order valence-corrected chi connectivity index (χ3v) is 4.96. The zero-order valence-corrected chi connectivity index (χ0v) is 16.7. The van der Waals surface area contributed by atoms with E-state index in [0.29, 0.717) is 43.2 Å². The Kier molecular flexibility index (Phi) is 5.99. The van der Waals surface area contributed by atoms with Crippen LogP contribution in [0.2, 0.25) is 0 Å². The van der Waals surface area contributed by atoms with Crippen molar-refractivity contribution in [3.8, 4) is 5.75 Å². The van der Waals surface area contributed by atoms with Gasteiger partial charge in [0.15, 0.2) is 6.10 Å². The van der Waals surface area contributed by atoms with E-state index in [2.05, 4.69) is 0 Å². The van der Waals surface area contributed by atoms with Crippen LogP contribution in [-0.2, 0) is 20.9 Å². The summed E-state index contributed by atoms with van der Waals surface area (Å²) in [7, 11) is 0. The summed E-state index contributed by atoms with van der Waals surface area (Å²) in [5.74, 6) is -0.205. The number of carbonyl (C=O) groups excluding carboxylic acids is 2. The fourth-order valence-electron chi connectivity index (χ4n) is 3.38. The summed E-state index contributed by atoms with van der Waals surface area (Å²) >= 11 is 0. The third-order valence-electron chi connectivity index (χ3n) is 4.96. The van der Waals surface area contributed by atoms with Gasteiger partial charge in [-0.1, -0.05) is 36.4 Å². The normalized spacial score (nSPS) is 15.0. The standard InChI is InChI=1S/C23H23NO6/c1-16(22(25)24-11-13-27-14-12-24)29-23(26)21-19(15-28-17-7-3-2-4-8-17)18-9-5-6-10-20(18)30-21/h2-10,16H,11-15H2,1H3. The van der Waals surface area contributed by atoms with Gasteiger partial charge in [-0.15, -0.1) is 0 Å². The number of ether oxygens (including phenoxy) is 3. The van der Waals surface area contributed by atoms with Crippen molar-refractivity contribution in [3.05, 3.63) is 65.9 Å². The lowest BCUT2D eigenvalue weighted by atomic mass is 10.1.